The zero-order chi connectivity index (χ0) is 15.9. The quantitative estimate of drug-likeness (QED) is 0.846. The summed E-state index contributed by atoms with van der Waals surface area (Å²) in [6.07, 6.45) is 15.2. The highest BCUT2D eigenvalue weighted by Gasteiger charge is 2.18. The van der Waals surface area contributed by atoms with Crippen molar-refractivity contribution < 1.29 is 4.79 Å². The monoisotopic (exact) mass is 314 g/mol. The largest absolute Gasteiger partial charge is 0.354 e. The van der Waals surface area contributed by atoms with E-state index in [1.54, 1.807) is 18.0 Å². The van der Waals surface area contributed by atoms with Gasteiger partial charge in [-0.1, -0.05) is 11.6 Å². The van der Waals surface area contributed by atoms with Crippen molar-refractivity contribution >= 4 is 11.9 Å². The molecule has 0 atom stereocenters. The number of allylic oxidation sites excluding steroid dienone is 1. The highest BCUT2D eigenvalue weighted by Crippen LogP contribution is 2.19. The number of nitrogens with one attached hydrogen (secondary N) is 1. The van der Waals surface area contributed by atoms with E-state index in [0.29, 0.717) is 11.5 Å². The van der Waals surface area contributed by atoms with Crippen molar-refractivity contribution in [1.82, 2.24) is 14.9 Å². The zero-order valence-electron chi connectivity index (χ0n) is 13.8. The number of anilines is 1. The topological polar surface area (TPSA) is 58.1 Å². The molecule has 0 radical (unpaired) electrons. The van der Waals surface area contributed by atoms with Gasteiger partial charge < -0.3 is 10.2 Å². The summed E-state index contributed by atoms with van der Waals surface area (Å²) in [6.45, 7) is 2.56. The Morgan fingerprint density at radius 1 is 1.09 bits per heavy atom. The second-order valence-corrected chi connectivity index (χ2v) is 6.43. The van der Waals surface area contributed by atoms with Crippen LogP contribution >= 0.6 is 0 Å². The smallest absolute Gasteiger partial charge is 0.256 e. The maximum Gasteiger partial charge on any atom is 0.256 e. The molecule has 0 unspecified atom stereocenters. The van der Waals surface area contributed by atoms with E-state index in [1.807, 2.05) is 4.90 Å². The number of hydrogen-bond donors (Lipinski definition) is 1. The van der Waals surface area contributed by atoms with Crippen molar-refractivity contribution in [1.29, 1.82) is 0 Å². The predicted octanol–water partition coefficient (Wildman–Crippen LogP) is 3.41. The minimum atomic E-state index is 0.0589. The number of amides is 1. The molecule has 3 rings (SSSR count). The summed E-state index contributed by atoms with van der Waals surface area (Å²) in [6, 6.07) is 0. The summed E-state index contributed by atoms with van der Waals surface area (Å²) in [5.74, 6) is 0.667. The van der Waals surface area contributed by atoms with Gasteiger partial charge in [0, 0.05) is 32.0 Å². The fraction of sp³-hybridized carbons (Fsp3) is 0.611. The first-order chi connectivity index (χ1) is 11.3. The van der Waals surface area contributed by atoms with Gasteiger partial charge in [0.1, 0.15) is 0 Å². The van der Waals surface area contributed by atoms with E-state index in [2.05, 4.69) is 21.4 Å². The fourth-order valence-corrected chi connectivity index (χ4v) is 3.28. The molecule has 5 heteroatoms. The summed E-state index contributed by atoms with van der Waals surface area (Å²) in [5.41, 5.74) is 2.13. The average Bonchev–Trinajstić information content (AvgIpc) is 2.63. The van der Waals surface area contributed by atoms with Crippen LogP contribution in [-0.2, 0) is 0 Å². The lowest BCUT2D eigenvalue weighted by Crippen LogP contribution is -2.35. The first-order valence-corrected chi connectivity index (χ1v) is 8.86. The second-order valence-electron chi connectivity index (χ2n) is 6.43. The lowest BCUT2D eigenvalue weighted by molar-refractivity contribution is 0.0723. The molecule has 5 nitrogen and oxygen atoms in total. The number of carbonyl (C=O) groups excluding carboxylic acids is 1. The van der Waals surface area contributed by atoms with Crippen LogP contribution in [0.4, 0.5) is 5.95 Å². The Kier molecular flexibility index (Phi) is 5.61. The van der Waals surface area contributed by atoms with Crippen molar-refractivity contribution in [3.63, 3.8) is 0 Å². The number of aromatic nitrogens is 2. The van der Waals surface area contributed by atoms with Crippen molar-refractivity contribution in [3.8, 4) is 0 Å². The van der Waals surface area contributed by atoms with Crippen LogP contribution in [-0.4, -0.2) is 40.4 Å². The molecule has 1 aromatic rings. The molecule has 2 heterocycles. The summed E-state index contributed by atoms with van der Waals surface area (Å²) in [7, 11) is 0. The molecule has 1 fully saturated rings. The number of nitrogens with zero attached hydrogens (tertiary/aromatic N) is 3. The third-order valence-corrected chi connectivity index (χ3v) is 4.66. The first-order valence-electron chi connectivity index (χ1n) is 8.86. The van der Waals surface area contributed by atoms with Gasteiger partial charge in [0.2, 0.25) is 5.95 Å². The van der Waals surface area contributed by atoms with Crippen molar-refractivity contribution in [3.05, 3.63) is 29.6 Å². The van der Waals surface area contributed by atoms with Crippen LogP contribution in [0.15, 0.2) is 24.0 Å². The van der Waals surface area contributed by atoms with Gasteiger partial charge in [-0.05, 0) is 51.4 Å². The molecule has 23 heavy (non-hydrogen) atoms. The Hall–Kier alpha value is -1.91. The Morgan fingerprint density at radius 3 is 2.57 bits per heavy atom. The maximum absolute atomic E-state index is 12.3. The van der Waals surface area contributed by atoms with Gasteiger partial charge in [0.15, 0.2) is 0 Å². The van der Waals surface area contributed by atoms with Gasteiger partial charge in [0.25, 0.3) is 5.91 Å². The van der Waals surface area contributed by atoms with Crippen LogP contribution in [0.25, 0.3) is 0 Å². The molecule has 1 aromatic heterocycles. The number of likely N-dealkylation sites (tertiary alicyclic amines) is 1. The summed E-state index contributed by atoms with van der Waals surface area (Å²) in [4.78, 5) is 22.8. The highest BCUT2D eigenvalue weighted by molar-refractivity contribution is 5.93. The van der Waals surface area contributed by atoms with Crippen molar-refractivity contribution in [2.24, 2.45) is 0 Å². The van der Waals surface area contributed by atoms with Gasteiger partial charge in [-0.25, -0.2) is 9.97 Å². The Labute approximate surface area is 138 Å². The molecule has 1 N–H and O–H groups in total. The van der Waals surface area contributed by atoms with E-state index in [1.165, 1.54) is 32.1 Å². The van der Waals surface area contributed by atoms with Crippen LogP contribution in [0.1, 0.15) is 61.7 Å². The van der Waals surface area contributed by atoms with Crippen LogP contribution in [0.3, 0.4) is 0 Å². The highest BCUT2D eigenvalue weighted by atomic mass is 16.2. The van der Waals surface area contributed by atoms with Gasteiger partial charge in [-0.2, -0.15) is 0 Å². The van der Waals surface area contributed by atoms with Crippen LogP contribution in [0.5, 0.6) is 0 Å². The molecular weight excluding hydrogens is 288 g/mol. The van der Waals surface area contributed by atoms with Gasteiger partial charge >= 0.3 is 0 Å². The third-order valence-electron chi connectivity index (χ3n) is 4.66. The maximum atomic E-state index is 12.3. The molecule has 1 aliphatic carbocycles. The van der Waals surface area contributed by atoms with Gasteiger partial charge in [-0.3, -0.25) is 4.79 Å². The van der Waals surface area contributed by atoms with E-state index in [4.69, 9.17) is 0 Å². The summed E-state index contributed by atoms with van der Waals surface area (Å²) < 4.78 is 0. The molecule has 0 saturated carbocycles. The minimum absolute atomic E-state index is 0.0589. The van der Waals surface area contributed by atoms with E-state index >= 15 is 0 Å². The van der Waals surface area contributed by atoms with Crippen LogP contribution < -0.4 is 5.32 Å². The van der Waals surface area contributed by atoms with Crippen LogP contribution in [0.2, 0.25) is 0 Å². The molecule has 1 saturated heterocycles. The SMILES string of the molecule is O=C(c1cnc(NCCC2=CCCCC2)nc1)N1CCCCC1. The number of hydrogen-bond acceptors (Lipinski definition) is 4. The number of rotatable bonds is 5. The Morgan fingerprint density at radius 2 is 1.87 bits per heavy atom. The predicted molar refractivity (Wildman–Crippen MR) is 91.4 cm³/mol. The van der Waals surface area contributed by atoms with E-state index in [9.17, 15) is 4.79 Å². The third kappa shape index (κ3) is 4.53. The van der Waals surface area contributed by atoms with E-state index in [0.717, 1.165) is 38.9 Å². The van der Waals surface area contributed by atoms with Crippen molar-refractivity contribution in [2.45, 2.75) is 51.4 Å². The van der Waals surface area contributed by atoms with E-state index in [-0.39, 0.29) is 5.91 Å². The number of carbonyl (C=O) groups is 1. The molecule has 1 aliphatic heterocycles. The second kappa shape index (κ2) is 8.09. The summed E-state index contributed by atoms with van der Waals surface area (Å²) in [5, 5.41) is 3.25. The molecule has 0 aromatic carbocycles. The average molecular weight is 314 g/mol. The zero-order valence-corrected chi connectivity index (χ0v) is 13.8. The van der Waals surface area contributed by atoms with Gasteiger partial charge in [0.05, 0.1) is 5.56 Å². The minimum Gasteiger partial charge on any atom is -0.354 e. The Balaban J connectivity index is 1.48. The normalized spacial score (nSPS) is 18.4. The molecule has 124 valence electrons. The van der Waals surface area contributed by atoms with Gasteiger partial charge in [-0.15, -0.1) is 0 Å². The summed E-state index contributed by atoms with van der Waals surface area (Å²) >= 11 is 0. The van der Waals surface area contributed by atoms with Crippen molar-refractivity contribution in [2.75, 3.05) is 25.0 Å². The molecule has 1 amide bonds. The standard InChI is InChI=1S/C18H26N4O/c23-17(22-11-5-2-6-12-22)16-13-20-18(21-14-16)19-10-9-15-7-3-1-4-8-15/h7,13-14H,1-6,8-12H2,(H,19,20,21). The number of piperidine rings is 1. The molecule has 0 bridgehead atoms. The lowest BCUT2D eigenvalue weighted by atomic mass is 9.97. The Bertz CT molecular complexity index is 547. The molecule has 0 spiro atoms. The lowest BCUT2D eigenvalue weighted by Gasteiger charge is -2.26. The molecule has 2 aliphatic rings. The first kappa shape index (κ1) is 16.0. The molecular formula is C18H26N4O. The van der Waals surface area contributed by atoms with Crippen LogP contribution in [0, 0.1) is 0 Å². The van der Waals surface area contributed by atoms with E-state index < -0.39 is 0 Å². The fourth-order valence-electron chi connectivity index (χ4n) is 3.28.